The predicted molar refractivity (Wildman–Crippen MR) is 141 cm³/mol. The van der Waals surface area contributed by atoms with Crippen LogP contribution in [0.5, 0.6) is 0 Å². The first-order valence-electron chi connectivity index (χ1n) is 12.3. The van der Waals surface area contributed by atoms with Gasteiger partial charge in [-0.1, -0.05) is 56.6 Å². The molecular formula is C28H37ClN4O2. The molecule has 4 rings (SSSR count). The van der Waals surface area contributed by atoms with Gasteiger partial charge in [-0.05, 0) is 56.4 Å². The number of nitrogens with two attached hydrogens (primary N) is 1. The number of aromatic nitrogens is 1. The van der Waals surface area contributed by atoms with Crippen LogP contribution in [0.3, 0.4) is 0 Å². The van der Waals surface area contributed by atoms with E-state index in [1.165, 1.54) is 0 Å². The van der Waals surface area contributed by atoms with Crippen molar-refractivity contribution < 1.29 is 9.53 Å². The lowest BCUT2D eigenvalue weighted by atomic mass is 9.84. The number of carbonyl (C=O) groups is 1. The number of nitrogens with zero attached hydrogens (tertiary/aromatic N) is 3. The van der Waals surface area contributed by atoms with Crippen molar-refractivity contribution in [2.24, 2.45) is 10.7 Å². The quantitative estimate of drug-likeness (QED) is 0.619. The van der Waals surface area contributed by atoms with Crippen molar-refractivity contribution >= 4 is 23.5 Å². The van der Waals surface area contributed by atoms with Crippen LogP contribution in [0.4, 0.5) is 0 Å². The molecular weight excluding hydrogens is 460 g/mol. The molecule has 0 spiro atoms. The maximum absolute atomic E-state index is 13.4. The molecule has 188 valence electrons. The van der Waals surface area contributed by atoms with Crippen molar-refractivity contribution in [2.45, 2.75) is 89.8 Å². The first kappa shape index (κ1) is 25.6. The van der Waals surface area contributed by atoms with Gasteiger partial charge in [-0.3, -0.25) is 14.7 Å². The number of amides is 1. The third-order valence-corrected chi connectivity index (χ3v) is 7.50. The van der Waals surface area contributed by atoms with Gasteiger partial charge in [-0.2, -0.15) is 0 Å². The number of aliphatic imine (C=N–C) groups is 1. The van der Waals surface area contributed by atoms with E-state index in [2.05, 4.69) is 37.9 Å². The molecule has 2 N–H and O–H groups in total. The lowest BCUT2D eigenvalue weighted by Crippen LogP contribution is -2.57. The largest absolute Gasteiger partial charge is 0.375 e. The third kappa shape index (κ3) is 5.39. The van der Waals surface area contributed by atoms with Gasteiger partial charge < -0.3 is 10.5 Å². The van der Waals surface area contributed by atoms with Crippen LogP contribution < -0.4 is 5.73 Å². The number of ether oxygens (including phenoxy) is 1. The Hall–Kier alpha value is -2.44. The van der Waals surface area contributed by atoms with Gasteiger partial charge in [0.05, 0.1) is 17.6 Å². The summed E-state index contributed by atoms with van der Waals surface area (Å²) in [5.74, 6) is 0.237. The highest BCUT2D eigenvalue weighted by molar-refractivity contribution is 6.32. The van der Waals surface area contributed by atoms with Crippen LogP contribution in [0.25, 0.3) is 0 Å². The van der Waals surface area contributed by atoms with E-state index in [0.717, 1.165) is 35.2 Å². The summed E-state index contributed by atoms with van der Waals surface area (Å²) in [6.07, 6.45) is 4.26. The molecule has 7 heteroatoms. The van der Waals surface area contributed by atoms with Crippen LogP contribution in [0.15, 0.2) is 41.5 Å². The van der Waals surface area contributed by atoms with E-state index in [9.17, 15) is 4.79 Å². The zero-order valence-corrected chi connectivity index (χ0v) is 22.4. The van der Waals surface area contributed by atoms with Crippen LogP contribution in [0.2, 0.25) is 5.02 Å². The normalized spacial score (nSPS) is 24.9. The average molecular weight is 497 g/mol. The van der Waals surface area contributed by atoms with E-state index in [1.807, 2.05) is 45.2 Å². The molecule has 1 aromatic carbocycles. The molecule has 2 aromatic rings. The molecule has 0 bridgehead atoms. The number of halogens is 1. The summed E-state index contributed by atoms with van der Waals surface area (Å²) >= 11 is 6.93. The van der Waals surface area contributed by atoms with Gasteiger partial charge in [0.25, 0.3) is 0 Å². The SMILES string of the molecule is CC1(C)C[C@@H](N2C(=O)C[C@@](C)(c3cccc(Cc4ccc(C(C)(C)C)nc4)c3Cl)N=C2N)CCO1. The maximum atomic E-state index is 13.4. The Bertz CT molecular complexity index is 1140. The second-order valence-corrected chi connectivity index (χ2v) is 12.1. The van der Waals surface area contributed by atoms with E-state index in [0.29, 0.717) is 18.1 Å². The Morgan fingerprint density at radius 1 is 1.20 bits per heavy atom. The molecule has 1 fully saturated rings. The molecule has 3 heterocycles. The van der Waals surface area contributed by atoms with Gasteiger partial charge in [-0.15, -0.1) is 0 Å². The van der Waals surface area contributed by atoms with Crippen molar-refractivity contribution in [3.05, 3.63) is 63.9 Å². The first-order valence-corrected chi connectivity index (χ1v) is 12.7. The zero-order valence-electron chi connectivity index (χ0n) is 21.7. The first-order chi connectivity index (χ1) is 16.3. The summed E-state index contributed by atoms with van der Waals surface area (Å²) in [4.78, 5) is 24.5. The number of carbonyl (C=O) groups excluding carboxylic acids is 1. The molecule has 6 nitrogen and oxygen atoms in total. The Kier molecular flexibility index (Phi) is 6.75. The molecule has 2 atom stereocenters. The van der Waals surface area contributed by atoms with Crippen LogP contribution in [0.1, 0.15) is 83.2 Å². The van der Waals surface area contributed by atoms with E-state index in [4.69, 9.17) is 27.1 Å². The van der Waals surface area contributed by atoms with Crippen LogP contribution >= 0.6 is 11.6 Å². The Morgan fingerprint density at radius 3 is 2.54 bits per heavy atom. The topological polar surface area (TPSA) is 80.8 Å². The monoisotopic (exact) mass is 496 g/mol. The number of guanidine groups is 1. The number of hydrogen-bond donors (Lipinski definition) is 1. The van der Waals surface area contributed by atoms with Crippen molar-refractivity contribution in [1.82, 2.24) is 9.88 Å². The molecule has 1 saturated heterocycles. The number of hydrogen-bond acceptors (Lipinski definition) is 5. The number of rotatable bonds is 4. The Labute approximate surface area is 213 Å². The van der Waals surface area contributed by atoms with Crippen molar-refractivity contribution in [3.8, 4) is 0 Å². The standard InChI is InChI=1S/C28H37ClN4O2/c1-26(2,3)22-11-10-18(17-31-22)14-19-8-7-9-21(24(19)29)28(6)16-23(34)33(25(30)32-28)20-12-13-35-27(4,5)15-20/h7-11,17,20H,12-16H2,1-6H3,(H2,30,32)/t20-,28-/m0/s1. The summed E-state index contributed by atoms with van der Waals surface area (Å²) in [5.41, 5.74) is 9.25. The van der Waals surface area contributed by atoms with Gasteiger partial charge in [0, 0.05) is 41.4 Å². The summed E-state index contributed by atoms with van der Waals surface area (Å²) < 4.78 is 5.83. The van der Waals surface area contributed by atoms with E-state index in [-0.39, 0.29) is 35.3 Å². The minimum Gasteiger partial charge on any atom is -0.375 e. The summed E-state index contributed by atoms with van der Waals surface area (Å²) in [5, 5.41) is 0.625. The fourth-order valence-electron chi connectivity index (χ4n) is 5.14. The molecule has 2 aliphatic rings. The van der Waals surface area contributed by atoms with Crippen molar-refractivity contribution in [3.63, 3.8) is 0 Å². The lowest BCUT2D eigenvalue weighted by molar-refractivity contribution is -0.136. The highest BCUT2D eigenvalue weighted by atomic mass is 35.5. The zero-order chi connectivity index (χ0) is 25.6. The molecule has 0 aliphatic carbocycles. The molecule has 35 heavy (non-hydrogen) atoms. The minimum absolute atomic E-state index is 0.00439. The van der Waals surface area contributed by atoms with Crippen molar-refractivity contribution in [2.75, 3.05) is 6.61 Å². The molecule has 1 aromatic heterocycles. The highest BCUT2D eigenvalue weighted by Gasteiger charge is 2.43. The molecule has 0 unspecified atom stereocenters. The van der Waals surface area contributed by atoms with E-state index in [1.54, 1.807) is 4.90 Å². The van der Waals surface area contributed by atoms with Crippen LogP contribution in [0, 0.1) is 0 Å². The van der Waals surface area contributed by atoms with Crippen LogP contribution in [-0.2, 0) is 26.9 Å². The van der Waals surface area contributed by atoms with E-state index < -0.39 is 5.54 Å². The van der Waals surface area contributed by atoms with E-state index >= 15 is 0 Å². The molecule has 2 aliphatic heterocycles. The lowest BCUT2D eigenvalue weighted by Gasteiger charge is -2.44. The predicted octanol–water partition coefficient (Wildman–Crippen LogP) is 5.34. The van der Waals surface area contributed by atoms with Gasteiger partial charge in [0.15, 0.2) is 5.96 Å². The average Bonchev–Trinajstić information content (AvgIpc) is 2.73. The van der Waals surface area contributed by atoms with Crippen molar-refractivity contribution in [1.29, 1.82) is 0 Å². The van der Waals surface area contributed by atoms with Gasteiger partial charge >= 0.3 is 0 Å². The Morgan fingerprint density at radius 2 is 1.94 bits per heavy atom. The summed E-state index contributed by atoms with van der Waals surface area (Å²) in [6.45, 7) is 13.1. The number of benzene rings is 1. The maximum Gasteiger partial charge on any atom is 0.232 e. The van der Waals surface area contributed by atoms with Crippen LogP contribution in [-0.4, -0.2) is 40.0 Å². The fraction of sp³-hybridized carbons (Fsp3) is 0.536. The fourth-order valence-corrected chi connectivity index (χ4v) is 5.54. The van der Waals surface area contributed by atoms with Gasteiger partial charge in [0.2, 0.25) is 5.91 Å². The highest BCUT2D eigenvalue weighted by Crippen LogP contribution is 2.40. The molecule has 0 radical (unpaired) electrons. The van der Waals surface area contributed by atoms with Gasteiger partial charge in [0.1, 0.15) is 0 Å². The number of pyridine rings is 1. The third-order valence-electron chi connectivity index (χ3n) is 7.06. The Balaban J connectivity index is 1.60. The summed E-state index contributed by atoms with van der Waals surface area (Å²) in [6, 6.07) is 10.1. The summed E-state index contributed by atoms with van der Waals surface area (Å²) in [7, 11) is 0. The minimum atomic E-state index is -0.820. The second-order valence-electron chi connectivity index (χ2n) is 11.7. The molecule has 1 amide bonds. The molecule has 0 saturated carbocycles. The van der Waals surface area contributed by atoms with Gasteiger partial charge in [-0.25, -0.2) is 4.99 Å². The smallest absolute Gasteiger partial charge is 0.232 e. The second kappa shape index (κ2) is 9.21.